The van der Waals surface area contributed by atoms with E-state index < -0.39 is 0 Å². The third-order valence-corrected chi connectivity index (χ3v) is 3.56. The van der Waals surface area contributed by atoms with E-state index in [0.717, 1.165) is 10.0 Å². The fourth-order valence-electron chi connectivity index (χ4n) is 1.64. The topological polar surface area (TPSA) is 49.9 Å². The van der Waals surface area contributed by atoms with Crippen LogP contribution in [0.3, 0.4) is 0 Å². The van der Waals surface area contributed by atoms with Crippen molar-refractivity contribution in [1.82, 2.24) is 9.80 Å². The number of benzene rings is 1. The number of hydrogen-bond donors (Lipinski definition) is 0. The molecule has 1 aromatic rings. The summed E-state index contributed by atoms with van der Waals surface area (Å²) in [7, 11) is 6.70. The first-order valence-electron chi connectivity index (χ1n) is 6.10. The maximum Gasteiger partial charge on any atom is 0.337 e. The minimum atomic E-state index is -0.367. The Labute approximate surface area is 127 Å². The van der Waals surface area contributed by atoms with Gasteiger partial charge in [0.1, 0.15) is 0 Å². The van der Waals surface area contributed by atoms with Gasteiger partial charge in [-0.3, -0.25) is 9.69 Å². The Hall–Kier alpha value is -1.40. The lowest BCUT2D eigenvalue weighted by Crippen LogP contribution is -2.34. The molecular weight excluding hydrogens is 324 g/mol. The molecular formula is C14H19BrN2O3. The molecule has 5 nitrogen and oxygen atoms in total. The molecule has 0 fully saturated rings. The minimum absolute atomic E-state index is 0.0507. The lowest BCUT2D eigenvalue weighted by molar-refractivity contribution is -0.129. The third-order valence-electron chi connectivity index (χ3n) is 2.82. The number of amides is 1. The summed E-state index contributed by atoms with van der Waals surface area (Å²) >= 11 is 3.44. The summed E-state index contributed by atoms with van der Waals surface area (Å²) < 4.78 is 5.49. The van der Waals surface area contributed by atoms with Gasteiger partial charge in [0, 0.05) is 25.1 Å². The smallest absolute Gasteiger partial charge is 0.337 e. The minimum Gasteiger partial charge on any atom is -0.465 e. The zero-order valence-corrected chi connectivity index (χ0v) is 13.7. The highest BCUT2D eigenvalue weighted by Gasteiger charge is 2.12. The van der Waals surface area contributed by atoms with Crippen LogP contribution in [0.2, 0.25) is 0 Å². The van der Waals surface area contributed by atoms with Crippen molar-refractivity contribution in [3.8, 4) is 0 Å². The average Bonchev–Trinajstić information content (AvgIpc) is 2.39. The summed E-state index contributed by atoms with van der Waals surface area (Å²) in [5.74, 6) is -0.316. The van der Waals surface area contributed by atoms with Gasteiger partial charge in [-0.05, 0) is 24.7 Å². The van der Waals surface area contributed by atoms with E-state index in [4.69, 9.17) is 0 Å². The maximum atomic E-state index is 11.6. The van der Waals surface area contributed by atoms with Gasteiger partial charge in [0.2, 0.25) is 5.91 Å². The van der Waals surface area contributed by atoms with E-state index in [9.17, 15) is 9.59 Å². The van der Waals surface area contributed by atoms with Gasteiger partial charge in [0.15, 0.2) is 0 Å². The van der Waals surface area contributed by atoms with Gasteiger partial charge in [0.25, 0.3) is 0 Å². The molecule has 1 aromatic carbocycles. The fourth-order valence-corrected chi connectivity index (χ4v) is 2.14. The largest absolute Gasteiger partial charge is 0.465 e. The molecule has 1 amide bonds. The van der Waals surface area contributed by atoms with Crippen LogP contribution >= 0.6 is 15.9 Å². The molecule has 0 bridgehead atoms. The van der Waals surface area contributed by atoms with Crippen molar-refractivity contribution >= 4 is 27.8 Å². The molecule has 1 rings (SSSR count). The van der Waals surface area contributed by atoms with Crippen molar-refractivity contribution in [3.05, 3.63) is 33.8 Å². The molecule has 0 unspecified atom stereocenters. The van der Waals surface area contributed by atoms with E-state index in [2.05, 4.69) is 20.7 Å². The Morgan fingerprint density at radius 3 is 2.40 bits per heavy atom. The number of halogens is 1. The van der Waals surface area contributed by atoms with E-state index in [1.807, 2.05) is 18.0 Å². The van der Waals surface area contributed by atoms with Gasteiger partial charge >= 0.3 is 5.97 Å². The Morgan fingerprint density at radius 2 is 1.90 bits per heavy atom. The van der Waals surface area contributed by atoms with Crippen LogP contribution < -0.4 is 0 Å². The van der Waals surface area contributed by atoms with Crippen molar-refractivity contribution in [2.24, 2.45) is 0 Å². The molecule has 6 heteroatoms. The summed E-state index contributed by atoms with van der Waals surface area (Å²) in [5.41, 5.74) is 1.50. The van der Waals surface area contributed by atoms with E-state index in [-0.39, 0.29) is 11.9 Å². The van der Waals surface area contributed by atoms with Crippen LogP contribution in [0.5, 0.6) is 0 Å². The fraction of sp³-hybridized carbons (Fsp3) is 0.429. The van der Waals surface area contributed by atoms with Gasteiger partial charge in [-0.25, -0.2) is 4.79 Å². The highest BCUT2D eigenvalue weighted by molar-refractivity contribution is 9.10. The highest BCUT2D eigenvalue weighted by atomic mass is 79.9. The van der Waals surface area contributed by atoms with E-state index in [0.29, 0.717) is 18.7 Å². The van der Waals surface area contributed by atoms with Crippen LogP contribution in [0.25, 0.3) is 0 Å². The summed E-state index contributed by atoms with van der Waals surface area (Å²) in [5, 5.41) is 0. The molecule has 0 N–H and O–H groups in total. The molecule has 0 saturated heterocycles. The predicted molar refractivity (Wildman–Crippen MR) is 80.5 cm³/mol. The molecule has 0 saturated carbocycles. The molecule has 20 heavy (non-hydrogen) atoms. The predicted octanol–water partition coefficient (Wildman–Crippen LogP) is 1.76. The lowest BCUT2D eigenvalue weighted by atomic mass is 10.1. The van der Waals surface area contributed by atoms with Crippen molar-refractivity contribution in [3.63, 3.8) is 0 Å². The van der Waals surface area contributed by atoms with Crippen LogP contribution in [-0.4, -0.2) is 56.5 Å². The van der Waals surface area contributed by atoms with E-state index in [1.54, 1.807) is 31.1 Å². The van der Waals surface area contributed by atoms with Crippen LogP contribution in [0, 0.1) is 0 Å². The first kappa shape index (κ1) is 16.7. The van der Waals surface area contributed by atoms with Gasteiger partial charge in [-0.1, -0.05) is 22.0 Å². The number of methoxy groups -OCH3 is 1. The van der Waals surface area contributed by atoms with E-state index in [1.165, 1.54) is 7.11 Å². The number of hydrogen-bond acceptors (Lipinski definition) is 4. The highest BCUT2D eigenvalue weighted by Crippen LogP contribution is 2.20. The number of carbonyl (C=O) groups excluding carboxylic acids is 2. The van der Waals surface area contributed by atoms with Crippen LogP contribution in [0.4, 0.5) is 0 Å². The quantitative estimate of drug-likeness (QED) is 0.765. The number of ether oxygens (including phenoxy) is 1. The summed E-state index contributed by atoms with van der Waals surface area (Å²) in [6.45, 7) is 0.958. The van der Waals surface area contributed by atoms with Crippen molar-refractivity contribution in [1.29, 1.82) is 0 Å². The zero-order chi connectivity index (χ0) is 15.3. The number of carbonyl (C=O) groups is 2. The van der Waals surface area contributed by atoms with Gasteiger partial charge in [-0.15, -0.1) is 0 Å². The maximum absolute atomic E-state index is 11.6. The normalized spacial score (nSPS) is 10.5. The summed E-state index contributed by atoms with van der Waals surface area (Å²) in [6.07, 6.45) is 0. The van der Waals surface area contributed by atoms with Gasteiger partial charge in [0.05, 0.1) is 19.2 Å². The van der Waals surface area contributed by atoms with Gasteiger partial charge < -0.3 is 9.64 Å². The Bertz CT molecular complexity index is 503. The van der Waals surface area contributed by atoms with E-state index >= 15 is 0 Å². The Morgan fingerprint density at radius 1 is 1.25 bits per heavy atom. The number of rotatable bonds is 5. The molecule has 0 aliphatic carbocycles. The SMILES string of the molecule is COC(=O)c1ccc(CN(C)CC(=O)N(C)C)c(Br)c1. The lowest BCUT2D eigenvalue weighted by Gasteiger charge is -2.19. The van der Waals surface area contributed by atoms with Crippen LogP contribution in [0.15, 0.2) is 22.7 Å². The molecule has 110 valence electrons. The van der Waals surface area contributed by atoms with Crippen molar-refractivity contribution in [2.75, 3.05) is 34.8 Å². The first-order valence-corrected chi connectivity index (χ1v) is 6.90. The number of esters is 1. The van der Waals surface area contributed by atoms with Crippen molar-refractivity contribution in [2.45, 2.75) is 6.54 Å². The molecule has 0 atom stereocenters. The molecule has 0 radical (unpaired) electrons. The third kappa shape index (κ3) is 4.61. The molecule has 0 heterocycles. The molecule has 0 spiro atoms. The number of nitrogens with zero attached hydrogens (tertiary/aromatic N) is 2. The zero-order valence-electron chi connectivity index (χ0n) is 12.1. The standard InChI is InChI=1S/C14H19BrN2O3/c1-16(2)13(18)9-17(3)8-11-6-5-10(7-12(11)15)14(19)20-4/h5-7H,8-9H2,1-4H3. The summed E-state index contributed by atoms with van der Waals surface area (Å²) in [4.78, 5) is 26.5. The van der Waals surface area contributed by atoms with Gasteiger partial charge in [-0.2, -0.15) is 0 Å². The first-order chi connectivity index (χ1) is 9.35. The van der Waals surface area contributed by atoms with Crippen LogP contribution in [0.1, 0.15) is 15.9 Å². The Kier molecular flexibility index (Phi) is 6.16. The monoisotopic (exact) mass is 342 g/mol. The summed E-state index contributed by atoms with van der Waals surface area (Å²) in [6, 6.07) is 5.29. The average molecular weight is 343 g/mol. The molecule has 0 aromatic heterocycles. The van der Waals surface area contributed by atoms with Crippen LogP contribution in [-0.2, 0) is 16.1 Å². The second kappa shape index (κ2) is 7.40. The second-order valence-corrected chi connectivity index (χ2v) is 5.61. The molecule has 0 aliphatic heterocycles. The second-order valence-electron chi connectivity index (χ2n) is 4.76. The molecule has 0 aliphatic rings. The Balaban J connectivity index is 2.73. The van der Waals surface area contributed by atoms with Crippen molar-refractivity contribution < 1.29 is 14.3 Å². The number of likely N-dealkylation sites (N-methyl/N-ethyl adjacent to an activating group) is 2.